The molecule has 0 spiro atoms. The Morgan fingerprint density at radius 3 is 0.889 bits per heavy atom. The van der Waals surface area contributed by atoms with E-state index in [0.717, 1.165) is 32.1 Å². The molecule has 0 aliphatic rings. The van der Waals surface area contributed by atoms with E-state index in [1.54, 1.807) is 0 Å². The number of carbonyl (C=O) groups excluding carboxylic acids is 1. The van der Waals surface area contributed by atoms with Gasteiger partial charge in [0.05, 0.1) is 18.8 Å². The number of hydrogen-bond acceptors (Lipinski definition) is 4. The van der Waals surface area contributed by atoms with Crippen LogP contribution in [0.1, 0.15) is 284 Å². The summed E-state index contributed by atoms with van der Waals surface area (Å²) in [5.74, 6) is -0.138. The van der Waals surface area contributed by atoms with Gasteiger partial charge < -0.3 is 20.6 Å². The van der Waals surface area contributed by atoms with E-state index in [-0.39, 0.29) is 12.5 Å². The van der Waals surface area contributed by atoms with E-state index in [4.69, 9.17) is 0 Å². The van der Waals surface area contributed by atoms with E-state index >= 15 is 0 Å². The van der Waals surface area contributed by atoms with Crippen molar-refractivity contribution in [3.63, 3.8) is 0 Å². The first-order valence-electron chi connectivity index (χ1n) is 24.8. The smallest absolute Gasteiger partial charge is 0.220 e. The predicted octanol–water partition coefficient (Wildman–Crippen LogP) is 14.6. The third-order valence-electron chi connectivity index (χ3n) is 12.0. The van der Waals surface area contributed by atoms with Crippen molar-refractivity contribution >= 4 is 5.91 Å². The largest absolute Gasteiger partial charge is 0.394 e. The van der Waals surface area contributed by atoms with Gasteiger partial charge in [-0.25, -0.2) is 0 Å². The summed E-state index contributed by atoms with van der Waals surface area (Å²) >= 11 is 0. The Kier molecular flexibility index (Phi) is 44.5. The van der Waals surface area contributed by atoms with Gasteiger partial charge in [0.1, 0.15) is 6.10 Å². The normalized spacial score (nSPS) is 13.4. The zero-order valence-electron chi connectivity index (χ0n) is 36.9. The molecule has 1 amide bonds. The molecule has 0 bridgehead atoms. The minimum atomic E-state index is -1.13. The van der Waals surface area contributed by atoms with Crippen molar-refractivity contribution in [3.05, 3.63) is 0 Å². The van der Waals surface area contributed by atoms with Crippen molar-refractivity contribution in [1.82, 2.24) is 5.32 Å². The molecule has 324 valence electrons. The molecule has 0 aliphatic carbocycles. The van der Waals surface area contributed by atoms with Crippen LogP contribution in [0.2, 0.25) is 0 Å². The molecule has 1 unspecified atom stereocenters. The number of nitrogens with one attached hydrogen (secondary N) is 1. The van der Waals surface area contributed by atoms with E-state index in [0.29, 0.717) is 12.8 Å². The van der Waals surface area contributed by atoms with Crippen molar-refractivity contribution in [1.29, 1.82) is 0 Å². The summed E-state index contributed by atoms with van der Waals surface area (Å²) in [7, 11) is 0. The molecule has 0 aromatic heterocycles. The number of carbonyl (C=O) groups is 1. The zero-order chi connectivity index (χ0) is 39.4. The van der Waals surface area contributed by atoms with Crippen LogP contribution in [-0.2, 0) is 4.79 Å². The Morgan fingerprint density at radius 2 is 0.630 bits per heavy atom. The van der Waals surface area contributed by atoms with Crippen molar-refractivity contribution in [2.45, 2.75) is 302 Å². The Morgan fingerprint density at radius 1 is 0.389 bits per heavy atom. The number of amides is 1. The monoisotopic (exact) mass is 766 g/mol. The summed E-state index contributed by atoms with van der Waals surface area (Å²) in [4.78, 5) is 12.4. The third-order valence-corrected chi connectivity index (χ3v) is 12.0. The van der Waals surface area contributed by atoms with E-state index in [1.807, 2.05) is 0 Å². The number of hydrogen-bond donors (Lipinski definition) is 4. The lowest BCUT2D eigenvalue weighted by Crippen LogP contribution is -2.50. The average Bonchev–Trinajstić information content (AvgIpc) is 3.18. The average molecular weight is 766 g/mol. The molecule has 0 rings (SSSR count). The first-order chi connectivity index (χ1) is 26.6. The highest BCUT2D eigenvalue weighted by Crippen LogP contribution is 2.18. The molecule has 3 atom stereocenters. The van der Waals surface area contributed by atoms with Crippen molar-refractivity contribution in [3.8, 4) is 0 Å². The van der Waals surface area contributed by atoms with Crippen LogP contribution in [0.4, 0.5) is 0 Å². The Bertz CT molecular complexity index is 718. The SMILES string of the molecule is CCCCCCCCCCCCCCCCCCCCCCCCCCCCCCC(=O)N[C@H](CO)[C@H](O)C(O)CCCCCCCCCCCCCC. The van der Waals surface area contributed by atoms with Gasteiger partial charge in [-0.3, -0.25) is 4.79 Å². The van der Waals surface area contributed by atoms with Crippen LogP contribution in [0.5, 0.6) is 0 Å². The molecule has 0 radical (unpaired) electrons. The molecular weight excluding hydrogens is 667 g/mol. The van der Waals surface area contributed by atoms with Crippen LogP contribution >= 0.6 is 0 Å². The standard InChI is InChI=1S/C49H99NO4/c1-3-5-7-9-11-13-15-17-18-19-20-21-22-23-24-25-26-27-28-29-30-31-32-34-36-38-40-42-44-48(53)50-46(45-51)49(54)47(52)43-41-39-37-35-33-16-14-12-10-8-6-4-2/h46-47,49,51-52,54H,3-45H2,1-2H3,(H,50,53)/t46-,47?,49+/m1/s1. The number of aliphatic hydroxyl groups excluding tert-OH is 3. The fourth-order valence-electron chi connectivity index (χ4n) is 8.11. The highest BCUT2D eigenvalue weighted by molar-refractivity contribution is 5.76. The van der Waals surface area contributed by atoms with Gasteiger partial charge in [0.15, 0.2) is 0 Å². The molecule has 4 N–H and O–H groups in total. The van der Waals surface area contributed by atoms with Gasteiger partial charge in [0.2, 0.25) is 5.91 Å². The van der Waals surface area contributed by atoms with E-state index in [1.165, 1.54) is 225 Å². The highest BCUT2D eigenvalue weighted by atomic mass is 16.3. The van der Waals surface area contributed by atoms with Crippen LogP contribution < -0.4 is 5.32 Å². The molecule has 0 saturated carbocycles. The van der Waals surface area contributed by atoms with Gasteiger partial charge in [-0.1, -0.05) is 264 Å². The maximum absolute atomic E-state index is 12.4. The van der Waals surface area contributed by atoms with Gasteiger partial charge in [-0.05, 0) is 12.8 Å². The summed E-state index contributed by atoms with van der Waals surface area (Å²) in [6, 6.07) is -0.802. The van der Waals surface area contributed by atoms with Crippen LogP contribution in [-0.4, -0.2) is 46.1 Å². The van der Waals surface area contributed by atoms with Crippen molar-refractivity contribution < 1.29 is 20.1 Å². The first-order valence-corrected chi connectivity index (χ1v) is 24.8. The van der Waals surface area contributed by atoms with E-state index in [9.17, 15) is 20.1 Å². The van der Waals surface area contributed by atoms with Crippen LogP contribution in [0.15, 0.2) is 0 Å². The molecule has 5 heteroatoms. The second-order valence-corrected chi connectivity index (χ2v) is 17.4. The van der Waals surface area contributed by atoms with E-state index < -0.39 is 18.2 Å². The first kappa shape index (κ1) is 53.4. The third kappa shape index (κ3) is 39.6. The molecule has 0 aliphatic heterocycles. The van der Waals surface area contributed by atoms with E-state index in [2.05, 4.69) is 19.2 Å². The van der Waals surface area contributed by atoms with Gasteiger partial charge in [-0.2, -0.15) is 0 Å². The van der Waals surface area contributed by atoms with Crippen LogP contribution in [0.25, 0.3) is 0 Å². The molecular formula is C49H99NO4. The van der Waals surface area contributed by atoms with Gasteiger partial charge in [-0.15, -0.1) is 0 Å². The summed E-state index contributed by atoms with van der Waals surface area (Å²) in [6.07, 6.45) is 52.4. The van der Waals surface area contributed by atoms with Gasteiger partial charge in [0.25, 0.3) is 0 Å². The summed E-state index contributed by atoms with van der Waals surface area (Å²) in [5, 5.41) is 33.5. The second kappa shape index (κ2) is 45.1. The fourth-order valence-corrected chi connectivity index (χ4v) is 8.11. The predicted molar refractivity (Wildman–Crippen MR) is 236 cm³/mol. The Balaban J connectivity index is 3.46. The topological polar surface area (TPSA) is 89.8 Å². The summed E-state index contributed by atoms with van der Waals surface area (Å²) in [5.41, 5.74) is 0. The minimum Gasteiger partial charge on any atom is -0.394 e. The number of aliphatic hydroxyl groups is 3. The summed E-state index contributed by atoms with van der Waals surface area (Å²) in [6.45, 7) is 4.20. The Hall–Kier alpha value is -0.650. The highest BCUT2D eigenvalue weighted by Gasteiger charge is 2.26. The Labute approximate surface area is 338 Å². The molecule has 0 aromatic carbocycles. The molecule has 0 saturated heterocycles. The quantitative estimate of drug-likeness (QED) is 0.0465. The molecule has 0 fully saturated rings. The van der Waals surface area contributed by atoms with Crippen molar-refractivity contribution in [2.75, 3.05) is 6.61 Å². The maximum atomic E-state index is 12.4. The van der Waals surface area contributed by atoms with Crippen molar-refractivity contribution in [2.24, 2.45) is 0 Å². The zero-order valence-corrected chi connectivity index (χ0v) is 36.9. The minimum absolute atomic E-state index is 0.138. The fraction of sp³-hybridized carbons (Fsp3) is 0.980. The van der Waals surface area contributed by atoms with Crippen LogP contribution in [0.3, 0.4) is 0 Å². The lowest BCUT2D eigenvalue weighted by molar-refractivity contribution is -0.124. The summed E-state index contributed by atoms with van der Waals surface area (Å²) < 4.78 is 0. The van der Waals surface area contributed by atoms with Gasteiger partial charge in [0, 0.05) is 6.42 Å². The molecule has 0 aromatic rings. The lowest BCUT2D eigenvalue weighted by Gasteiger charge is -2.26. The molecule has 54 heavy (non-hydrogen) atoms. The molecule has 0 heterocycles. The van der Waals surface area contributed by atoms with Gasteiger partial charge >= 0.3 is 0 Å². The second-order valence-electron chi connectivity index (χ2n) is 17.4. The number of rotatable bonds is 46. The maximum Gasteiger partial charge on any atom is 0.220 e. The van der Waals surface area contributed by atoms with Crippen LogP contribution in [0, 0.1) is 0 Å². The lowest BCUT2D eigenvalue weighted by atomic mass is 9.99. The molecule has 5 nitrogen and oxygen atoms in total. The number of unbranched alkanes of at least 4 members (excludes halogenated alkanes) is 38.